The second kappa shape index (κ2) is 9.89. The Morgan fingerprint density at radius 2 is 1.74 bits per heavy atom. The molecule has 1 rings (SSSR count). The lowest BCUT2D eigenvalue weighted by Gasteiger charge is -2.19. The van der Waals surface area contributed by atoms with Crippen molar-refractivity contribution in [1.82, 2.24) is 9.21 Å². The Morgan fingerprint density at radius 3 is 2.22 bits per heavy atom. The first-order valence-corrected chi connectivity index (χ1v) is 9.40. The first kappa shape index (κ1) is 22.4. The molecule has 0 unspecified atom stereocenters. The van der Waals surface area contributed by atoms with Crippen molar-refractivity contribution in [2.75, 3.05) is 40.9 Å². The number of esters is 1. The van der Waals surface area contributed by atoms with E-state index in [-0.39, 0.29) is 29.3 Å². The molecule has 0 aromatic heterocycles. The van der Waals surface area contributed by atoms with Gasteiger partial charge in [0.15, 0.2) is 6.61 Å². The SMILES string of the molecule is C=CCN(CC=C)C(=O)COC(=O)c1ccc(OC)c(S(=O)(=O)N(C)C)c1. The molecule has 148 valence electrons. The van der Waals surface area contributed by atoms with E-state index in [1.165, 1.54) is 38.2 Å². The summed E-state index contributed by atoms with van der Waals surface area (Å²) in [4.78, 5) is 25.6. The minimum Gasteiger partial charge on any atom is -0.495 e. The van der Waals surface area contributed by atoms with Crippen LogP contribution >= 0.6 is 0 Å². The lowest BCUT2D eigenvalue weighted by molar-refractivity contribution is -0.133. The Balaban J connectivity index is 3.00. The van der Waals surface area contributed by atoms with E-state index in [4.69, 9.17) is 9.47 Å². The topological polar surface area (TPSA) is 93.2 Å². The minimum absolute atomic E-state index is 0.0111. The van der Waals surface area contributed by atoms with Crippen LogP contribution in [-0.2, 0) is 19.6 Å². The predicted molar refractivity (Wildman–Crippen MR) is 101 cm³/mol. The zero-order valence-electron chi connectivity index (χ0n) is 15.7. The van der Waals surface area contributed by atoms with Crippen molar-refractivity contribution in [2.45, 2.75) is 4.90 Å². The van der Waals surface area contributed by atoms with Crippen molar-refractivity contribution in [3.05, 3.63) is 49.1 Å². The highest BCUT2D eigenvalue weighted by Crippen LogP contribution is 2.27. The molecule has 0 fully saturated rings. The van der Waals surface area contributed by atoms with Crippen LogP contribution in [0.4, 0.5) is 0 Å². The van der Waals surface area contributed by atoms with Crippen molar-refractivity contribution in [1.29, 1.82) is 0 Å². The summed E-state index contributed by atoms with van der Waals surface area (Å²) in [6, 6.07) is 3.88. The van der Waals surface area contributed by atoms with E-state index in [0.717, 1.165) is 10.4 Å². The molecule has 0 bridgehead atoms. The Labute approximate surface area is 159 Å². The lowest BCUT2D eigenvalue weighted by Crippen LogP contribution is -2.35. The van der Waals surface area contributed by atoms with Crippen LogP contribution in [0.2, 0.25) is 0 Å². The third-order valence-corrected chi connectivity index (χ3v) is 5.37. The molecule has 0 saturated carbocycles. The van der Waals surface area contributed by atoms with Crippen LogP contribution in [0.5, 0.6) is 5.75 Å². The number of sulfonamides is 1. The van der Waals surface area contributed by atoms with E-state index in [1.807, 2.05) is 0 Å². The van der Waals surface area contributed by atoms with Gasteiger partial charge in [-0.25, -0.2) is 17.5 Å². The zero-order chi connectivity index (χ0) is 20.6. The molecule has 0 saturated heterocycles. The average Bonchev–Trinajstić information content (AvgIpc) is 2.64. The normalized spacial score (nSPS) is 11.0. The Bertz CT molecular complexity index is 807. The van der Waals surface area contributed by atoms with Gasteiger partial charge < -0.3 is 14.4 Å². The summed E-state index contributed by atoms with van der Waals surface area (Å²) in [7, 11) is 0.231. The van der Waals surface area contributed by atoms with Crippen molar-refractivity contribution < 1.29 is 27.5 Å². The number of carbonyl (C=O) groups excluding carboxylic acids is 2. The number of carbonyl (C=O) groups is 2. The first-order chi connectivity index (χ1) is 12.7. The third-order valence-electron chi connectivity index (χ3n) is 3.54. The van der Waals surface area contributed by atoms with Crippen LogP contribution in [0, 0.1) is 0 Å². The largest absolute Gasteiger partial charge is 0.495 e. The van der Waals surface area contributed by atoms with Crippen molar-refractivity contribution in [3.63, 3.8) is 0 Å². The summed E-state index contributed by atoms with van der Waals surface area (Å²) in [5, 5.41) is 0. The van der Waals surface area contributed by atoms with E-state index in [0.29, 0.717) is 0 Å². The number of methoxy groups -OCH3 is 1. The van der Waals surface area contributed by atoms with Gasteiger partial charge in [0, 0.05) is 27.2 Å². The van der Waals surface area contributed by atoms with E-state index in [9.17, 15) is 18.0 Å². The molecule has 0 radical (unpaired) electrons. The predicted octanol–water partition coefficient (Wildman–Crippen LogP) is 1.30. The highest BCUT2D eigenvalue weighted by Gasteiger charge is 2.24. The molecule has 0 N–H and O–H groups in total. The molecule has 0 aliphatic heterocycles. The molecule has 9 heteroatoms. The number of nitrogens with zero attached hydrogens (tertiary/aromatic N) is 2. The number of hydrogen-bond donors (Lipinski definition) is 0. The summed E-state index contributed by atoms with van der Waals surface area (Å²) in [6.45, 7) is 7.22. The quantitative estimate of drug-likeness (QED) is 0.437. The third kappa shape index (κ3) is 5.66. The van der Waals surface area contributed by atoms with Gasteiger partial charge in [-0.3, -0.25) is 4.79 Å². The molecule has 0 spiro atoms. The van der Waals surface area contributed by atoms with Crippen LogP contribution in [0.25, 0.3) is 0 Å². The van der Waals surface area contributed by atoms with Gasteiger partial charge in [-0.05, 0) is 18.2 Å². The van der Waals surface area contributed by atoms with Gasteiger partial charge in [0.05, 0.1) is 12.7 Å². The maximum atomic E-state index is 12.4. The molecule has 1 aromatic carbocycles. The van der Waals surface area contributed by atoms with Crippen molar-refractivity contribution in [2.24, 2.45) is 0 Å². The Kier molecular flexibility index (Phi) is 8.20. The fraction of sp³-hybridized carbons (Fsp3) is 0.333. The molecule has 0 heterocycles. The molecule has 1 aromatic rings. The molecule has 0 aliphatic carbocycles. The molecule has 0 atom stereocenters. The number of hydrogen-bond acceptors (Lipinski definition) is 6. The summed E-state index contributed by atoms with van der Waals surface area (Å²) < 4.78 is 35.9. The maximum absolute atomic E-state index is 12.4. The lowest BCUT2D eigenvalue weighted by atomic mass is 10.2. The van der Waals surface area contributed by atoms with Gasteiger partial charge in [-0.15, -0.1) is 13.2 Å². The minimum atomic E-state index is -3.83. The van der Waals surface area contributed by atoms with E-state index in [1.54, 1.807) is 12.2 Å². The zero-order valence-corrected chi connectivity index (χ0v) is 16.5. The fourth-order valence-electron chi connectivity index (χ4n) is 2.09. The summed E-state index contributed by atoms with van der Waals surface area (Å²) in [6.07, 6.45) is 3.09. The van der Waals surface area contributed by atoms with Crippen molar-refractivity contribution in [3.8, 4) is 5.75 Å². The first-order valence-electron chi connectivity index (χ1n) is 7.96. The molecule has 27 heavy (non-hydrogen) atoms. The number of rotatable bonds is 10. The highest BCUT2D eigenvalue weighted by molar-refractivity contribution is 7.89. The van der Waals surface area contributed by atoms with Crippen LogP contribution in [-0.4, -0.2) is 70.4 Å². The monoisotopic (exact) mass is 396 g/mol. The second-order valence-corrected chi connectivity index (χ2v) is 7.73. The van der Waals surface area contributed by atoms with Gasteiger partial charge in [0.2, 0.25) is 10.0 Å². The van der Waals surface area contributed by atoms with Gasteiger partial charge >= 0.3 is 5.97 Å². The van der Waals surface area contributed by atoms with Crippen molar-refractivity contribution >= 4 is 21.9 Å². The van der Waals surface area contributed by atoms with E-state index >= 15 is 0 Å². The highest BCUT2D eigenvalue weighted by atomic mass is 32.2. The van der Waals surface area contributed by atoms with Crippen LogP contribution in [0.3, 0.4) is 0 Å². The van der Waals surface area contributed by atoms with Gasteiger partial charge in [-0.2, -0.15) is 0 Å². The smallest absolute Gasteiger partial charge is 0.338 e. The van der Waals surface area contributed by atoms with Gasteiger partial charge in [0.25, 0.3) is 5.91 Å². The molecule has 8 nitrogen and oxygen atoms in total. The van der Waals surface area contributed by atoms with Crippen LogP contribution < -0.4 is 4.74 Å². The molecular weight excluding hydrogens is 372 g/mol. The Hall–Kier alpha value is -2.65. The van der Waals surface area contributed by atoms with Gasteiger partial charge in [-0.1, -0.05) is 12.2 Å². The number of benzene rings is 1. The number of amides is 1. The number of ether oxygens (including phenoxy) is 2. The van der Waals surface area contributed by atoms with E-state index < -0.39 is 28.5 Å². The van der Waals surface area contributed by atoms with Crippen LogP contribution in [0.1, 0.15) is 10.4 Å². The second-order valence-electron chi connectivity index (χ2n) is 5.61. The van der Waals surface area contributed by atoms with Crippen LogP contribution in [0.15, 0.2) is 48.4 Å². The molecule has 0 aliphatic rings. The van der Waals surface area contributed by atoms with E-state index in [2.05, 4.69) is 13.2 Å². The summed E-state index contributed by atoms with van der Waals surface area (Å²) in [5.41, 5.74) is -0.0111. The molecule has 1 amide bonds. The average molecular weight is 396 g/mol. The fourth-order valence-corrected chi connectivity index (χ4v) is 3.17. The Morgan fingerprint density at radius 1 is 1.15 bits per heavy atom. The molecular formula is C18H24N2O6S. The standard InChI is InChI=1S/C18H24N2O6S/c1-6-10-20(11-7-2)17(21)13-26-18(22)14-8-9-15(25-5)16(12-14)27(23,24)19(3)4/h6-9,12H,1-2,10-11,13H2,3-5H3. The maximum Gasteiger partial charge on any atom is 0.338 e. The summed E-state index contributed by atoms with van der Waals surface area (Å²) >= 11 is 0. The summed E-state index contributed by atoms with van der Waals surface area (Å²) in [5.74, 6) is -1.14. The van der Waals surface area contributed by atoms with Gasteiger partial charge in [0.1, 0.15) is 10.6 Å².